The smallest absolute Gasteiger partial charge is 0.166 e. The van der Waals surface area contributed by atoms with Gasteiger partial charge in [0, 0.05) is 11.5 Å². The van der Waals surface area contributed by atoms with Crippen LogP contribution in [0.4, 0.5) is 0 Å². The average Bonchev–Trinajstić information content (AvgIpc) is 2.37. The van der Waals surface area contributed by atoms with Crippen molar-refractivity contribution in [3.05, 3.63) is 35.4 Å². The molecule has 0 aliphatic heterocycles. The number of benzene rings is 1. The highest BCUT2D eigenvalue weighted by Gasteiger charge is 2.29. The third-order valence-corrected chi connectivity index (χ3v) is 4.31. The molecule has 1 aliphatic carbocycles. The Morgan fingerprint density at radius 3 is 2.47 bits per heavy atom. The third-order valence-electron chi connectivity index (χ3n) is 4.31. The zero-order valence-corrected chi connectivity index (χ0v) is 12.7. The summed E-state index contributed by atoms with van der Waals surface area (Å²) in [6.45, 7) is 8.82. The number of hydrogen-bond donors (Lipinski definition) is 0. The van der Waals surface area contributed by atoms with E-state index in [1.54, 1.807) is 0 Å². The van der Waals surface area contributed by atoms with E-state index in [1.165, 1.54) is 18.4 Å². The van der Waals surface area contributed by atoms with Gasteiger partial charge < -0.3 is 0 Å². The Kier molecular flexibility index (Phi) is 4.13. The Hall–Kier alpha value is -1.11. The van der Waals surface area contributed by atoms with Crippen molar-refractivity contribution in [3.63, 3.8) is 0 Å². The summed E-state index contributed by atoms with van der Waals surface area (Å²) in [4.78, 5) is 12.8. The second-order valence-electron chi connectivity index (χ2n) is 7.13. The molecule has 2 unspecified atom stereocenters. The van der Waals surface area contributed by atoms with Crippen molar-refractivity contribution in [2.45, 2.75) is 58.8 Å². The van der Waals surface area contributed by atoms with Gasteiger partial charge in [0.05, 0.1) is 0 Å². The third kappa shape index (κ3) is 3.26. The number of carbonyl (C=O) groups excluding carboxylic acids is 1. The van der Waals surface area contributed by atoms with Crippen molar-refractivity contribution in [1.82, 2.24) is 0 Å². The molecule has 0 saturated heterocycles. The Bertz CT molecular complexity index is 453. The highest BCUT2D eigenvalue weighted by Crippen LogP contribution is 2.34. The van der Waals surface area contributed by atoms with Gasteiger partial charge >= 0.3 is 0 Å². The van der Waals surface area contributed by atoms with Crippen LogP contribution in [-0.2, 0) is 5.41 Å². The maximum Gasteiger partial charge on any atom is 0.166 e. The maximum atomic E-state index is 12.8. The Balaban J connectivity index is 2.29. The predicted octanol–water partition coefficient (Wildman–Crippen LogP) is 4.99. The van der Waals surface area contributed by atoms with Crippen molar-refractivity contribution in [1.29, 1.82) is 0 Å². The van der Waals surface area contributed by atoms with E-state index in [0.29, 0.717) is 11.7 Å². The normalized spacial score (nSPS) is 24.2. The van der Waals surface area contributed by atoms with Gasteiger partial charge in [-0.05, 0) is 29.7 Å². The van der Waals surface area contributed by atoms with Gasteiger partial charge in [-0.3, -0.25) is 4.79 Å². The topological polar surface area (TPSA) is 17.1 Å². The summed E-state index contributed by atoms with van der Waals surface area (Å²) in [5.41, 5.74) is 2.18. The molecule has 19 heavy (non-hydrogen) atoms. The molecule has 1 saturated carbocycles. The van der Waals surface area contributed by atoms with Crippen molar-refractivity contribution >= 4 is 5.78 Å². The van der Waals surface area contributed by atoms with Crippen LogP contribution in [0.2, 0.25) is 0 Å². The summed E-state index contributed by atoms with van der Waals surface area (Å²) in [6, 6.07) is 8.16. The van der Waals surface area contributed by atoms with E-state index in [2.05, 4.69) is 33.8 Å². The van der Waals surface area contributed by atoms with Crippen LogP contribution in [0.15, 0.2) is 24.3 Å². The van der Waals surface area contributed by atoms with Crippen LogP contribution in [0.3, 0.4) is 0 Å². The first-order chi connectivity index (χ1) is 8.89. The molecule has 1 aromatic carbocycles. The second-order valence-corrected chi connectivity index (χ2v) is 7.13. The van der Waals surface area contributed by atoms with Gasteiger partial charge in [-0.15, -0.1) is 0 Å². The Morgan fingerprint density at radius 1 is 1.16 bits per heavy atom. The molecule has 1 fully saturated rings. The van der Waals surface area contributed by atoms with E-state index in [9.17, 15) is 4.79 Å². The van der Waals surface area contributed by atoms with Gasteiger partial charge in [-0.25, -0.2) is 0 Å². The van der Waals surface area contributed by atoms with Crippen LogP contribution in [0, 0.1) is 11.8 Å². The summed E-state index contributed by atoms with van der Waals surface area (Å²) in [5.74, 6) is 1.31. The van der Waals surface area contributed by atoms with Crippen LogP contribution in [0.25, 0.3) is 0 Å². The molecule has 1 heteroatoms. The molecule has 2 rings (SSSR count). The highest BCUT2D eigenvalue weighted by molar-refractivity contribution is 5.99. The number of hydrogen-bond acceptors (Lipinski definition) is 1. The van der Waals surface area contributed by atoms with Gasteiger partial charge in [0.15, 0.2) is 5.78 Å². The van der Waals surface area contributed by atoms with E-state index in [-0.39, 0.29) is 11.3 Å². The maximum absolute atomic E-state index is 12.8. The summed E-state index contributed by atoms with van der Waals surface area (Å²) in [7, 11) is 0. The summed E-state index contributed by atoms with van der Waals surface area (Å²) in [5, 5.41) is 0. The minimum Gasteiger partial charge on any atom is -0.294 e. The van der Waals surface area contributed by atoms with Crippen LogP contribution < -0.4 is 0 Å². The number of ketones is 1. The molecule has 2 atom stereocenters. The lowest BCUT2D eigenvalue weighted by atomic mass is 9.75. The molecular formula is C18H26O. The van der Waals surface area contributed by atoms with Crippen LogP contribution >= 0.6 is 0 Å². The molecule has 0 N–H and O–H groups in total. The van der Waals surface area contributed by atoms with E-state index >= 15 is 0 Å². The molecule has 1 aliphatic rings. The summed E-state index contributed by atoms with van der Waals surface area (Å²) >= 11 is 0. The molecule has 1 nitrogen and oxygen atoms in total. The molecule has 0 spiro atoms. The minimum atomic E-state index is 0.0343. The van der Waals surface area contributed by atoms with Gasteiger partial charge in [0.2, 0.25) is 0 Å². The predicted molar refractivity (Wildman–Crippen MR) is 80.6 cm³/mol. The zero-order valence-electron chi connectivity index (χ0n) is 12.7. The molecule has 1 aromatic rings. The second kappa shape index (κ2) is 5.48. The van der Waals surface area contributed by atoms with E-state index < -0.39 is 0 Å². The Morgan fingerprint density at radius 2 is 1.84 bits per heavy atom. The molecule has 0 amide bonds. The fraction of sp³-hybridized carbons (Fsp3) is 0.611. The first-order valence-electron chi connectivity index (χ1n) is 7.53. The van der Waals surface area contributed by atoms with Gasteiger partial charge in [0.1, 0.15) is 0 Å². The van der Waals surface area contributed by atoms with E-state index in [1.807, 2.05) is 18.2 Å². The SMILES string of the molecule is CC1CCCC(C(=O)c2ccccc2C(C)(C)C)C1. The van der Waals surface area contributed by atoms with Crippen molar-refractivity contribution in [2.75, 3.05) is 0 Å². The highest BCUT2D eigenvalue weighted by atomic mass is 16.1. The van der Waals surface area contributed by atoms with Gasteiger partial charge in [0.25, 0.3) is 0 Å². The quantitative estimate of drug-likeness (QED) is 0.683. The molecule has 0 aromatic heterocycles. The standard InChI is InChI=1S/C18H26O/c1-13-8-7-9-14(12-13)17(19)15-10-5-6-11-16(15)18(2,3)4/h5-6,10-11,13-14H,7-9,12H2,1-4H3. The Labute approximate surface area is 117 Å². The summed E-state index contributed by atoms with van der Waals surface area (Å²) in [6.07, 6.45) is 4.62. The molecule has 0 radical (unpaired) electrons. The minimum absolute atomic E-state index is 0.0343. The van der Waals surface area contributed by atoms with Crippen molar-refractivity contribution < 1.29 is 4.79 Å². The van der Waals surface area contributed by atoms with Crippen LogP contribution in [0.5, 0.6) is 0 Å². The van der Waals surface area contributed by atoms with Gasteiger partial charge in [-0.1, -0.05) is 64.8 Å². The fourth-order valence-electron chi connectivity index (χ4n) is 3.24. The lowest BCUT2D eigenvalue weighted by molar-refractivity contribution is 0.0866. The molecule has 0 bridgehead atoms. The van der Waals surface area contributed by atoms with Crippen LogP contribution in [0.1, 0.15) is 69.3 Å². The lowest BCUT2D eigenvalue weighted by Crippen LogP contribution is -2.25. The zero-order chi connectivity index (χ0) is 14.0. The average molecular weight is 258 g/mol. The monoisotopic (exact) mass is 258 g/mol. The van der Waals surface area contributed by atoms with Crippen molar-refractivity contribution in [2.24, 2.45) is 11.8 Å². The van der Waals surface area contributed by atoms with E-state index in [0.717, 1.165) is 18.4 Å². The summed E-state index contributed by atoms with van der Waals surface area (Å²) < 4.78 is 0. The van der Waals surface area contributed by atoms with Gasteiger partial charge in [-0.2, -0.15) is 0 Å². The number of rotatable bonds is 2. The van der Waals surface area contributed by atoms with Crippen molar-refractivity contribution in [3.8, 4) is 0 Å². The lowest BCUT2D eigenvalue weighted by Gasteiger charge is -2.28. The van der Waals surface area contributed by atoms with Crippen LogP contribution in [-0.4, -0.2) is 5.78 Å². The van der Waals surface area contributed by atoms with E-state index in [4.69, 9.17) is 0 Å². The first kappa shape index (κ1) is 14.3. The largest absolute Gasteiger partial charge is 0.294 e. The molecule has 0 heterocycles. The number of Topliss-reactive ketones (excluding diaryl/α,β-unsaturated/α-hetero) is 1. The fourth-order valence-corrected chi connectivity index (χ4v) is 3.24. The molecule has 104 valence electrons. The first-order valence-corrected chi connectivity index (χ1v) is 7.53. The molecular weight excluding hydrogens is 232 g/mol. The number of carbonyl (C=O) groups is 1.